The molecule has 1 saturated carbocycles. The normalized spacial score (nSPS) is 20.5. The zero-order valence-electron chi connectivity index (χ0n) is 11.5. The van der Waals surface area contributed by atoms with Gasteiger partial charge in [-0.1, -0.05) is 33.6 Å². The molecule has 17 heavy (non-hydrogen) atoms. The Balaban J connectivity index is 2.62. The fourth-order valence-corrected chi connectivity index (χ4v) is 2.83. The molecule has 3 heteroatoms. The van der Waals surface area contributed by atoms with Crippen LogP contribution in [0, 0.1) is 11.3 Å². The Morgan fingerprint density at radius 1 is 1.35 bits per heavy atom. The average Bonchev–Trinajstić information content (AvgIpc) is 2.78. The van der Waals surface area contributed by atoms with Gasteiger partial charge in [0.15, 0.2) is 0 Å². The maximum atomic E-state index is 12.4. The smallest absolute Gasteiger partial charge is 0.226 e. The van der Waals surface area contributed by atoms with E-state index in [9.17, 15) is 4.79 Å². The molecule has 1 aliphatic carbocycles. The number of hydrogen-bond donors (Lipinski definition) is 2. The van der Waals surface area contributed by atoms with Gasteiger partial charge in [-0.15, -0.1) is 0 Å². The molecule has 0 aromatic heterocycles. The van der Waals surface area contributed by atoms with E-state index in [2.05, 4.69) is 26.1 Å². The summed E-state index contributed by atoms with van der Waals surface area (Å²) < 4.78 is 0. The number of aliphatic hydroxyl groups is 1. The van der Waals surface area contributed by atoms with E-state index in [0.717, 1.165) is 19.3 Å². The molecule has 1 aliphatic rings. The monoisotopic (exact) mass is 241 g/mol. The molecular formula is C14H27NO2. The molecule has 1 atom stereocenters. The highest BCUT2D eigenvalue weighted by Crippen LogP contribution is 2.41. The predicted molar refractivity (Wildman–Crippen MR) is 69.7 cm³/mol. The largest absolute Gasteiger partial charge is 0.396 e. The molecule has 0 spiro atoms. The lowest BCUT2D eigenvalue weighted by Crippen LogP contribution is -2.46. The number of aliphatic hydroxyl groups excluding tert-OH is 1. The van der Waals surface area contributed by atoms with Crippen molar-refractivity contribution in [3.8, 4) is 0 Å². The summed E-state index contributed by atoms with van der Waals surface area (Å²) in [6, 6.07) is 0.108. The third kappa shape index (κ3) is 3.44. The van der Waals surface area contributed by atoms with Gasteiger partial charge < -0.3 is 10.4 Å². The SMILES string of the molecule is CCC1(C(=O)NC(CCO)C(C)C)CCCC1. The fraction of sp³-hybridized carbons (Fsp3) is 0.929. The third-order valence-corrected chi connectivity index (χ3v) is 4.28. The van der Waals surface area contributed by atoms with Crippen molar-refractivity contribution in [1.82, 2.24) is 5.32 Å². The van der Waals surface area contributed by atoms with Crippen LogP contribution in [-0.4, -0.2) is 23.7 Å². The minimum atomic E-state index is -0.122. The van der Waals surface area contributed by atoms with E-state index < -0.39 is 0 Å². The number of carbonyl (C=O) groups excluding carboxylic acids is 1. The first-order valence-electron chi connectivity index (χ1n) is 6.97. The molecule has 0 aliphatic heterocycles. The van der Waals surface area contributed by atoms with Crippen LogP contribution in [0.5, 0.6) is 0 Å². The first-order chi connectivity index (χ1) is 8.05. The lowest BCUT2D eigenvalue weighted by molar-refractivity contribution is -0.132. The van der Waals surface area contributed by atoms with Gasteiger partial charge in [-0.3, -0.25) is 4.79 Å². The van der Waals surface area contributed by atoms with Crippen LogP contribution >= 0.6 is 0 Å². The molecular weight excluding hydrogens is 214 g/mol. The van der Waals surface area contributed by atoms with E-state index >= 15 is 0 Å². The number of rotatable bonds is 6. The van der Waals surface area contributed by atoms with Crippen molar-refractivity contribution in [2.24, 2.45) is 11.3 Å². The van der Waals surface area contributed by atoms with Gasteiger partial charge in [-0.25, -0.2) is 0 Å². The number of amides is 1. The maximum Gasteiger partial charge on any atom is 0.226 e. The molecule has 1 rings (SSSR count). The Kier molecular flexibility index (Phi) is 5.44. The van der Waals surface area contributed by atoms with Gasteiger partial charge >= 0.3 is 0 Å². The van der Waals surface area contributed by atoms with Crippen LogP contribution in [0.15, 0.2) is 0 Å². The van der Waals surface area contributed by atoms with Crippen LogP contribution in [0.2, 0.25) is 0 Å². The molecule has 1 fully saturated rings. The Bertz CT molecular complexity index is 245. The third-order valence-electron chi connectivity index (χ3n) is 4.28. The highest BCUT2D eigenvalue weighted by Gasteiger charge is 2.40. The Morgan fingerprint density at radius 3 is 2.35 bits per heavy atom. The van der Waals surface area contributed by atoms with Crippen molar-refractivity contribution in [2.75, 3.05) is 6.61 Å². The van der Waals surface area contributed by atoms with Gasteiger partial charge in [0.25, 0.3) is 0 Å². The minimum Gasteiger partial charge on any atom is -0.396 e. The summed E-state index contributed by atoms with van der Waals surface area (Å²) in [7, 11) is 0. The predicted octanol–water partition coefficient (Wildman–Crippen LogP) is 2.48. The second-order valence-electron chi connectivity index (χ2n) is 5.68. The quantitative estimate of drug-likeness (QED) is 0.750. The van der Waals surface area contributed by atoms with Crippen molar-refractivity contribution in [2.45, 2.75) is 65.3 Å². The van der Waals surface area contributed by atoms with E-state index in [1.165, 1.54) is 12.8 Å². The Morgan fingerprint density at radius 2 is 1.94 bits per heavy atom. The van der Waals surface area contributed by atoms with Gasteiger partial charge in [-0.05, 0) is 31.6 Å². The summed E-state index contributed by atoms with van der Waals surface area (Å²) in [5.41, 5.74) is -0.122. The molecule has 0 bridgehead atoms. The van der Waals surface area contributed by atoms with Gasteiger partial charge in [0.1, 0.15) is 0 Å². The summed E-state index contributed by atoms with van der Waals surface area (Å²) >= 11 is 0. The number of nitrogens with one attached hydrogen (secondary N) is 1. The molecule has 1 amide bonds. The summed E-state index contributed by atoms with van der Waals surface area (Å²) in [5, 5.41) is 12.2. The summed E-state index contributed by atoms with van der Waals surface area (Å²) in [4.78, 5) is 12.4. The molecule has 0 aromatic rings. The Labute approximate surface area is 105 Å². The average molecular weight is 241 g/mol. The second kappa shape index (κ2) is 6.39. The summed E-state index contributed by atoms with van der Waals surface area (Å²) in [6.45, 7) is 6.44. The molecule has 0 saturated heterocycles. The molecule has 0 heterocycles. The van der Waals surface area contributed by atoms with Crippen molar-refractivity contribution in [1.29, 1.82) is 0 Å². The van der Waals surface area contributed by atoms with E-state index in [1.54, 1.807) is 0 Å². The lowest BCUT2D eigenvalue weighted by Gasteiger charge is -2.30. The van der Waals surface area contributed by atoms with Crippen LogP contribution in [0.25, 0.3) is 0 Å². The topological polar surface area (TPSA) is 49.3 Å². The van der Waals surface area contributed by atoms with Crippen LogP contribution in [-0.2, 0) is 4.79 Å². The lowest BCUT2D eigenvalue weighted by atomic mass is 9.82. The van der Waals surface area contributed by atoms with E-state index in [0.29, 0.717) is 12.3 Å². The van der Waals surface area contributed by atoms with Crippen LogP contribution in [0.1, 0.15) is 59.3 Å². The molecule has 0 aromatic carbocycles. The van der Waals surface area contributed by atoms with Crippen molar-refractivity contribution in [3.05, 3.63) is 0 Å². The van der Waals surface area contributed by atoms with E-state index in [1.807, 2.05) is 0 Å². The highest BCUT2D eigenvalue weighted by molar-refractivity contribution is 5.83. The van der Waals surface area contributed by atoms with Gasteiger partial charge in [0, 0.05) is 18.1 Å². The fourth-order valence-electron chi connectivity index (χ4n) is 2.83. The number of carbonyl (C=O) groups is 1. The first kappa shape index (κ1) is 14.5. The Hall–Kier alpha value is -0.570. The zero-order chi connectivity index (χ0) is 12.9. The molecule has 3 nitrogen and oxygen atoms in total. The zero-order valence-corrected chi connectivity index (χ0v) is 11.5. The van der Waals surface area contributed by atoms with Gasteiger partial charge in [-0.2, -0.15) is 0 Å². The van der Waals surface area contributed by atoms with Gasteiger partial charge in [0.05, 0.1) is 0 Å². The molecule has 100 valence electrons. The minimum absolute atomic E-state index is 0.108. The second-order valence-corrected chi connectivity index (χ2v) is 5.68. The molecule has 2 N–H and O–H groups in total. The van der Waals surface area contributed by atoms with Crippen LogP contribution in [0.4, 0.5) is 0 Å². The highest BCUT2D eigenvalue weighted by atomic mass is 16.3. The summed E-state index contributed by atoms with van der Waals surface area (Å²) in [5.74, 6) is 0.589. The van der Waals surface area contributed by atoms with Crippen LogP contribution in [0.3, 0.4) is 0 Å². The molecule has 0 radical (unpaired) electrons. The van der Waals surface area contributed by atoms with Crippen molar-refractivity contribution >= 4 is 5.91 Å². The van der Waals surface area contributed by atoms with E-state index in [-0.39, 0.29) is 24.0 Å². The maximum absolute atomic E-state index is 12.4. The molecule has 1 unspecified atom stereocenters. The number of hydrogen-bond acceptors (Lipinski definition) is 2. The first-order valence-corrected chi connectivity index (χ1v) is 6.97. The van der Waals surface area contributed by atoms with E-state index in [4.69, 9.17) is 5.11 Å². The van der Waals surface area contributed by atoms with Crippen molar-refractivity contribution in [3.63, 3.8) is 0 Å². The standard InChI is InChI=1S/C14H27NO2/c1-4-14(8-5-6-9-14)13(17)15-12(7-10-16)11(2)3/h11-12,16H,4-10H2,1-3H3,(H,15,17). The van der Waals surface area contributed by atoms with Gasteiger partial charge in [0.2, 0.25) is 5.91 Å². The van der Waals surface area contributed by atoms with Crippen LogP contribution < -0.4 is 5.32 Å². The summed E-state index contributed by atoms with van der Waals surface area (Å²) in [6.07, 6.45) is 5.99. The van der Waals surface area contributed by atoms with Crippen molar-refractivity contribution < 1.29 is 9.90 Å².